The first-order chi connectivity index (χ1) is 9.45. The lowest BCUT2D eigenvalue weighted by Crippen LogP contribution is -2.16. The van der Waals surface area contributed by atoms with Crippen LogP contribution >= 0.6 is 43.2 Å². The highest BCUT2D eigenvalue weighted by atomic mass is 79.9. The van der Waals surface area contributed by atoms with Gasteiger partial charge in [0.1, 0.15) is 4.90 Å². The molecule has 8 heteroatoms. The van der Waals surface area contributed by atoms with Crippen molar-refractivity contribution in [3.63, 3.8) is 0 Å². The summed E-state index contributed by atoms with van der Waals surface area (Å²) in [6.07, 6.45) is 0. The minimum atomic E-state index is -3.61. The normalized spacial score (nSPS) is 11.6. The molecule has 1 heterocycles. The summed E-state index contributed by atoms with van der Waals surface area (Å²) in [6.45, 7) is 0.519. The Kier molecular flexibility index (Phi) is 5.25. The second-order valence-corrected chi connectivity index (χ2v) is 8.30. The van der Waals surface area contributed by atoms with Gasteiger partial charge in [0.2, 0.25) is 0 Å². The summed E-state index contributed by atoms with van der Waals surface area (Å²) in [5, 5.41) is 4.74. The molecule has 2 N–H and O–H groups in total. The molecular weight excluding hydrogens is 428 g/mol. The lowest BCUT2D eigenvalue weighted by atomic mass is 10.3. The molecule has 20 heavy (non-hydrogen) atoms. The van der Waals surface area contributed by atoms with E-state index in [0.29, 0.717) is 26.1 Å². The van der Waals surface area contributed by atoms with Crippen LogP contribution in [0.25, 0.3) is 0 Å². The molecular formula is C12H12Br2N2O2S2. The summed E-state index contributed by atoms with van der Waals surface area (Å²) in [6, 6.07) is 7.00. The molecule has 108 valence electrons. The Morgan fingerprint density at radius 1 is 1.20 bits per heavy atom. The Morgan fingerprint density at radius 2 is 1.85 bits per heavy atom. The average Bonchev–Trinajstić information content (AvgIpc) is 2.84. The number of hydrogen-bond acceptors (Lipinski definition) is 4. The third-order valence-corrected chi connectivity index (χ3v) is 6.34. The SMILES string of the molecule is CNCc1sccc1S(=O)(=O)Nc1c(Br)cccc1Br. The van der Waals surface area contributed by atoms with E-state index in [9.17, 15) is 8.42 Å². The molecule has 0 aliphatic heterocycles. The number of nitrogens with one attached hydrogen (secondary N) is 2. The van der Waals surface area contributed by atoms with Crippen LogP contribution in [0, 0.1) is 0 Å². The summed E-state index contributed by atoms with van der Waals surface area (Å²) in [7, 11) is -1.82. The van der Waals surface area contributed by atoms with Crippen LogP contribution < -0.4 is 10.0 Å². The number of hydrogen-bond donors (Lipinski definition) is 2. The first kappa shape index (κ1) is 16.0. The first-order valence-electron chi connectivity index (χ1n) is 5.63. The molecule has 0 radical (unpaired) electrons. The molecule has 4 nitrogen and oxygen atoms in total. The lowest BCUT2D eigenvalue weighted by molar-refractivity contribution is 0.600. The van der Waals surface area contributed by atoms with Gasteiger partial charge in [0.25, 0.3) is 10.0 Å². The van der Waals surface area contributed by atoms with Crippen LogP contribution in [0.5, 0.6) is 0 Å². The van der Waals surface area contributed by atoms with Gasteiger partial charge in [-0.3, -0.25) is 4.72 Å². The van der Waals surface area contributed by atoms with E-state index in [-0.39, 0.29) is 0 Å². The number of halogens is 2. The van der Waals surface area contributed by atoms with Crippen LogP contribution in [-0.2, 0) is 16.6 Å². The molecule has 0 fully saturated rings. The Morgan fingerprint density at radius 3 is 2.45 bits per heavy atom. The van der Waals surface area contributed by atoms with Crippen molar-refractivity contribution in [2.45, 2.75) is 11.4 Å². The van der Waals surface area contributed by atoms with Crippen molar-refractivity contribution in [2.75, 3.05) is 11.8 Å². The van der Waals surface area contributed by atoms with E-state index in [1.54, 1.807) is 30.6 Å². The summed E-state index contributed by atoms with van der Waals surface area (Å²) in [5.74, 6) is 0. The van der Waals surface area contributed by atoms with Gasteiger partial charge < -0.3 is 5.32 Å². The van der Waals surface area contributed by atoms with Crippen LogP contribution in [-0.4, -0.2) is 15.5 Å². The molecule has 0 aliphatic rings. The van der Waals surface area contributed by atoms with Gasteiger partial charge in [-0.2, -0.15) is 0 Å². The molecule has 2 aromatic rings. The molecule has 0 saturated carbocycles. The van der Waals surface area contributed by atoms with E-state index in [1.807, 2.05) is 6.07 Å². The van der Waals surface area contributed by atoms with Crippen molar-refractivity contribution in [1.29, 1.82) is 0 Å². The minimum Gasteiger partial charge on any atom is -0.315 e. The molecule has 0 atom stereocenters. The van der Waals surface area contributed by atoms with Crippen molar-refractivity contribution >= 4 is 58.9 Å². The highest BCUT2D eigenvalue weighted by molar-refractivity contribution is 9.11. The average molecular weight is 440 g/mol. The number of para-hydroxylation sites is 1. The van der Waals surface area contributed by atoms with E-state index >= 15 is 0 Å². The number of thiophene rings is 1. The summed E-state index contributed by atoms with van der Waals surface area (Å²) < 4.78 is 29.0. The van der Waals surface area contributed by atoms with Gasteiger partial charge in [-0.15, -0.1) is 11.3 Å². The minimum absolute atomic E-state index is 0.305. The van der Waals surface area contributed by atoms with E-state index in [2.05, 4.69) is 41.9 Å². The number of benzene rings is 1. The standard InChI is InChI=1S/C12H12Br2N2O2S2/c1-15-7-10-11(5-6-19-10)20(17,18)16-12-8(13)3-2-4-9(12)14/h2-6,15-16H,7H2,1H3. The zero-order chi connectivity index (χ0) is 14.8. The molecule has 0 unspecified atom stereocenters. The summed E-state index contributed by atoms with van der Waals surface area (Å²) >= 11 is 8.11. The summed E-state index contributed by atoms with van der Waals surface area (Å²) in [4.78, 5) is 1.09. The maximum atomic E-state index is 12.5. The van der Waals surface area contributed by atoms with Gasteiger partial charge in [-0.1, -0.05) is 6.07 Å². The molecule has 0 spiro atoms. The van der Waals surface area contributed by atoms with Crippen molar-refractivity contribution in [3.05, 3.63) is 43.5 Å². The Balaban J connectivity index is 2.39. The topological polar surface area (TPSA) is 58.2 Å². The fourth-order valence-corrected chi connectivity index (χ4v) is 5.66. The predicted octanol–water partition coefficient (Wildman–Crippen LogP) is 3.79. The van der Waals surface area contributed by atoms with E-state index in [1.165, 1.54) is 11.3 Å². The number of sulfonamides is 1. The Bertz CT molecular complexity index is 694. The monoisotopic (exact) mass is 438 g/mol. The lowest BCUT2D eigenvalue weighted by Gasteiger charge is -2.12. The van der Waals surface area contributed by atoms with Gasteiger partial charge in [0.15, 0.2) is 0 Å². The molecule has 1 aromatic heterocycles. The molecule has 2 rings (SSSR count). The van der Waals surface area contributed by atoms with Crippen LogP contribution in [0.4, 0.5) is 5.69 Å². The largest absolute Gasteiger partial charge is 0.315 e. The van der Waals surface area contributed by atoms with Crippen LogP contribution in [0.2, 0.25) is 0 Å². The van der Waals surface area contributed by atoms with Crippen LogP contribution in [0.3, 0.4) is 0 Å². The number of rotatable bonds is 5. The Labute approximate surface area is 138 Å². The van der Waals surface area contributed by atoms with Crippen molar-refractivity contribution in [3.8, 4) is 0 Å². The van der Waals surface area contributed by atoms with E-state index in [4.69, 9.17) is 0 Å². The Hall–Kier alpha value is -0.410. The molecule has 0 saturated heterocycles. The second kappa shape index (κ2) is 6.57. The smallest absolute Gasteiger partial charge is 0.263 e. The fraction of sp³-hybridized carbons (Fsp3) is 0.167. The van der Waals surface area contributed by atoms with Crippen molar-refractivity contribution in [1.82, 2.24) is 5.32 Å². The first-order valence-corrected chi connectivity index (χ1v) is 9.58. The predicted molar refractivity (Wildman–Crippen MR) is 89.7 cm³/mol. The van der Waals surface area contributed by atoms with Gasteiger partial charge >= 0.3 is 0 Å². The van der Waals surface area contributed by atoms with Gasteiger partial charge in [-0.25, -0.2) is 8.42 Å². The zero-order valence-corrected chi connectivity index (χ0v) is 15.3. The third kappa shape index (κ3) is 3.43. The second-order valence-electron chi connectivity index (χ2n) is 3.94. The van der Waals surface area contributed by atoms with Gasteiger partial charge in [0, 0.05) is 20.4 Å². The fourth-order valence-electron chi connectivity index (χ4n) is 1.64. The van der Waals surface area contributed by atoms with Crippen molar-refractivity contribution in [2.24, 2.45) is 0 Å². The maximum absolute atomic E-state index is 12.5. The highest BCUT2D eigenvalue weighted by Gasteiger charge is 2.21. The zero-order valence-electron chi connectivity index (χ0n) is 10.5. The van der Waals surface area contributed by atoms with Crippen LogP contribution in [0.1, 0.15) is 4.88 Å². The molecule has 1 aromatic carbocycles. The highest BCUT2D eigenvalue weighted by Crippen LogP contribution is 2.33. The van der Waals surface area contributed by atoms with Gasteiger partial charge in [0.05, 0.1) is 5.69 Å². The molecule has 0 amide bonds. The van der Waals surface area contributed by atoms with E-state index < -0.39 is 10.0 Å². The third-order valence-electron chi connectivity index (χ3n) is 2.53. The van der Waals surface area contributed by atoms with E-state index in [0.717, 1.165) is 4.88 Å². The summed E-state index contributed by atoms with van der Waals surface area (Å²) in [5.41, 5.74) is 0.495. The van der Waals surface area contributed by atoms with Crippen molar-refractivity contribution < 1.29 is 8.42 Å². The molecule has 0 aliphatic carbocycles. The van der Waals surface area contributed by atoms with Gasteiger partial charge in [-0.05, 0) is 62.5 Å². The quantitative estimate of drug-likeness (QED) is 0.744. The molecule has 0 bridgehead atoms. The van der Waals surface area contributed by atoms with Crippen LogP contribution in [0.15, 0.2) is 43.5 Å². The maximum Gasteiger partial charge on any atom is 0.263 e. The number of anilines is 1.